The summed E-state index contributed by atoms with van der Waals surface area (Å²) in [6, 6.07) is 9.99. The Morgan fingerprint density at radius 2 is 2.05 bits per heavy atom. The van der Waals surface area contributed by atoms with E-state index in [0.29, 0.717) is 0 Å². The van der Waals surface area contributed by atoms with E-state index in [1.807, 2.05) is 0 Å². The van der Waals surface area contributed by atoms with E-state index in [9.17, 15) is 14.3 Å². The highest BCUT2D eigenvalue weighted by Gasteiger charge is 2.17. The Balaban J connectivity index is 2.36. The summed E-state index contributed by atoms with van der Waals surface area (Å²) < 4.78 is 18.4. The molecule has 0 unspecified atom stereocenters. The predicted octanol–water partition coefficient (Wildman–Crippen LogP) is 2.66. The van der Waals surface area contributed by atoms with E-state index in [1.54, 1.807) is 6.07 Å². The van der Waals surface area contributed by atoms with Crippen molar-refractivity contribution in [3.05, 3.63) is 53.3 Å². The highest BCUT2D eigenvalue weighted by molar-refractivity contribution is 6.07. The Kier molecular flexibility index (Phi) is 4.05. The fraction of sp³-hybridized carbons (Fsp3) is 0.0667. The zero-order chi connectivity index (χ0) is 15.4. The number of anilines is 1. The number of nitrogens with one attached hydrogen (secondary N) is 1. The molecule has 0 aliphatic carbocycles. The van der Waals surface area contributed by atoms with E-state index < -0.39 is 11.7 Å². The molecule has 0 bridgehead atoms. The van der Waals surface area contributed by atoms with E-state index in [1.165, 1.54) is 37.4 Å². The number of methoxy groups -OCH3 is 1. The number of nitriles is 1. The molecule has 1 amide bonds. The molecule has 0 aliphatic rings. The summed E-state index contributed by atoms with van der Waals surface area (Å²) in [7, 11) is 1.36. The van der Waals surface area contributed by atoms with Gasteiger partial charge in [-0.3, -0.25) is 4.79 Å². The molecule has 0 atom stereocenters. The first-order valence-electron chi connectivity index (χ1n) is 5.94. The third-order valence-electron chi connectivity index (χ3n) is 2.84. The largest absolute Gasteiger partial charge is 0.504 e. The minimum absolute atomic E-state index is 0.0321. The lowest BCUT2D eigenvalue weighted by Gasteiger charge is -2.10. The zero-order valence-electron chi connectivity index (χ0n) is 11.1. The molecular weight excluding hydrogens is 275 g/mol. The van der Waals surface area contributed by atoms with Gasteiger partial charge in [-0.15, -0.1) is 0 Å². The van der Waals surface area contributed by atoms with Crippen LogP contribution in [0.2, 0.25) is 0 Å². The van der Waals surface area contributed by atoms with Crippen LogP contribution in [-0.2, 0) is 0 Å². The molecule has 2 N–H and O–H groups in total. The molecule has 21 heavy (non-hydrogen) atoms. The number of rotatable bonds is 3. The fourth-order valence-electron chi connectivity index (χ4n) is 1.80. The summed E-state index contributed by atoms with van der Waals surface area (Å²) >= 11 is 0. The summed E-state index contributed by atoms with van der Waals surface area (Å²) in [4.78, 5) is 12.1. The molecule has 0 fully saturated rings. The van der Waals surface area contributed by atoms with E-state index in [4.69, 9.17) is 10.00 Å². The molecule has 106 valence electrons. The normalized spacial score (nSPS) is 9.76. The van der Waals surface area contributed by atoms with Gasteiger partial charge in [0.2, 0.25) is 0 Å². The highest BCUT2D eigenvalue weighted by Crippen LogP contribution is 2.30. The van der Waals surface area contributed by atoms with Gasteiger partial charge in [0.15, 0.2) is 11.5 Å². The molecule has 0 aromatic heterocycles. The summed E-state index contributed by atoms with van der Waals surface area (Å²) in [5.41, 5.74) is -0.277. The first kappa shape index (κ1) is 14.3. The second kappa shape index (κ2) is 5.92. The van der Waals surface area contributed by atoms with E-state index >= 15 is 0 Å². The fourth-order valence-corrected chi connectivity index (χ4v) is 1.80. The van der Waals surface area contributed by atoms with Gasteiger partial charge in [-0.2, -0.15) is 5.26 Å². The number of ether oxygens (including phenoxy) is 1. The van der Waals surface area contributed by atoms with Crippen molar-refractivity contribution in [1.82, 2.24) is 0 Å². The van der Waals surface area contributed by atoms with Crippen molar-refractivity contribution in [2.24, 2.45) is 0 Å². The van der Waals surface area contributed by atoms with Crippen molar-refractivity contribution < 1.29 is 19.0 Å². The van der Waals surface area contributed by atoms with Gasteiger partial charge < -0.3 is 15.2 Å². The standard InChI is InChI=1S/C15H11FN2O3/c1-21-13-7-2-4-9(14(13)19)15(20)18-12-6-3-5-11(16)10(12)8-17/h2-7,19H,1H3,(H,18,20). The van der Waals surface area contributed by atoms with Crippen LogP contribution in [0.5, 0.6) is 11.5 Å². The average Bonchev–Trinajstić information content (AvgIpc) is 2.47. The lowest BCUT2D eigenvalue weighted by Crippen LogP contribution is -2.13. The Morgan fingerprint density at radius 3 is 2.71 bits per heavy atom. The smallest absolute Gasteiger partial charge is 0.259 e. The van der Waals surface area contributed by atoms with E-state index in [-0.39, 0.29) is 28.3 Å². The number of benzene rings is 2. The number of carbonyl (C=O) groups is 1. The van der Waals surface area contributed by atoms with Crippen LogP contribution in [0, 0.1) is 17.1 Å². The van der Waals surface area contributed by atoms with Crippen LogP contribution >= 0.6 is 0 Å². The van der Waals surface area contributed by atoms with Gasteiger partial charge in [0.1, 0.15) is 17.4 Å². The second-order valence-electron chi connectivity index (χ2n) is 4.08. The van der Waals surface area contributed by atoms with Crippen molar-refractivity contribution >= 4 is 11.6 Å². The highest BCUT2D eigenvalue weighted by atomic mass is 19.1. The molecule has 5 nitrogen and oxygen atoms in total. The monoisotopic (exact) mass is 286 g/mol. The maximum atomic E-state index is 13.5. The number of phenols is 1. The summed E-state index contributed by atoms with van der Waals surface area (Å²) in [6.45, 7) is 0. The van der Waals surface area contributed by atoms with Crippen LogP contribution < -0.4 is 10.1 Å². The van der Waals surface area contributed by atoms with Gasteiger partial charge >= 0.3 is 0 Å². The molecule has 0 saturated heterocycles. The molecule has 0 saturated carbocycles. The minimum atomic E-state index is -0.731. The van der Waals surface area contributed by atoms with Gasteiger partial charge in [0.05, 0.1) is 18.4 Å². The zero-order valence-corrected chi connectivity index (χ0v) is 11.1. The number of para-hydroxylation sites is 1. The van der Waals surface area contributed by atoms with E-state index in [0.717, 1.165) is 6.07 Å². The van der Waals surface area contributed by atoms with E-state index in [2.05, 4.69) is 5.32 Å². The lowest BCUT2D eigenvalue weighted by molar-refractivity contribution is 0.102. The number of amides is 1. The van der Waals surface area contributed by atoms with Gasteiger partial charge in [-0.1, -0.05) is 12.1 Å². The predicted molar refractivity (Wildman–Crippen MR) is 73.7 cm³/mol. The third kappa shape index (κ3) is 2.77. The molecule has 2 rings (SSSR count). The second-order valence-corrected chi connectivity index (χ2v) is 4.08. The number of hydrogen-bond acceptors (Lipinski definition) is 4. The Bertz CT molecular complexity index is 738. The van der Waals surface area contributed by atoms with Gasteiger partial charge in [-0.05, 0) is 24.3 Å². The first-order chi connectivity index (χ1) is 10.1. The maximum absolute atomic E-state index is 13.5. The summed E-state index contributed by atoms with van der Waals surface area (Å²) in [6.07, 6.45) is 0. The number of nitrogens with zero attached hydrogens (tertiary/aromatic N) is 1. The van der Waals surface area contributed by atoms with Crippen LogP contribution in [-0.4, -0.2) is 18.1 Å². The van der Waals surface area contributed by atoms with Gasteiger partial charge in [-0.25, -0.2) is 4.39 Å². The average molecular weight is 286 g/mol. The van der Waals surface area contributed by atoms with Crippen LogP contribution in [0.1, 0.15) is 15.9 Å². The minimum Gasteiger partial charge on any atom is -0.504 e. The molecule has 0 aliphatic heterocycles. The summed E-state index contributed by atoms with van der Waals surface area (Å²) in [5.74, 6) is -1.59. The van der Waals surface area contributed by atoms with Crippen LogP contribution in [0.15, 0.2) is 36.4 Å². The first-order valence-corrected chi connectivity index (χ1v) is 5.94. The number of hydrogen-bond donors (Lipinski definition) is 2. The number of aromatic hydroxyl groups is 1. The van der Waals surface area contributed by atoms with Crippen molar-refractivity contribution in [2.75, 3.05) is 12.4 Å². The van der Waals surface area contributed by atoms with Crippen molar-refractivity contribution in [1.29, 1.82) is 5.26 Å². The maximum Gasteiger partial charge on any atom is 0.259 e. The Morgan fingerprint density at radius 1 is 1.33 bits per heavy atom. The third-order valence-corrected chi connectivity index (χ3v) is 2.84. The molecular formula is C15H11FN2O3. The number of carbonyl (C=O) groups excluding carboxylic acids is 1. The molecule has 0 radical (unpaired) electrons. The Hall–Kier alpha value is -3.07. The quantitative estimate of drug-likeness (QED) is 0.908. The molecule has 2 aromatic rings. The topological polar surface area (TPSA) is 82.3 Å². The van der Waals surface area contributed by atoms with Crippen molar-refractivity contribution in [3.8, 4) is 17.6 Å². The number of halogens is 1. The van der Waals surface area contributed by atoms with Gasteiger partial charge in [0.25, 0.3) is 5.91 Å². The Labute approximate surface area is 120 Å². The van der Waals surface area contributed by atoms with Crippen molar-refractivity contribution in [2.45, 2.75) is 0 Å². The SMILES string of the molecule is COc1cccc(C(=O)Nc2cccc(F)c2C#N)c1O. The van der Waals surface area contributed by atoms with Crippen LogP contribution in [0.3, 0.4) is 0 Å². The summed E-state index contributed by atoms with van der Waals surface area (Å²) in [5, 5.41) is 21.2. The molecule has 0 spiro atoms. The number of phenolic OH excluding ortho intramolecular Hbond substituents is 1. The molecule has 0 heterocycles. The molecule has 6 heteroatoms. The van der Waals surface area contributed by atoms with Crippen LogP contribution in [0.4, 0.5) is 10.1 Å². The van der Waals surface area contributed by atoms with Gasteiger partial charge in [0, 0.05) is 0 Å². The van der Waals surface area contributed by atoms with Crippen molar-refractivity contribution in [3.63, 3.8) is 0 Å². The molecule has 2 aromatic carbocycles. The van der Waals surface area contributed by atoms with Crippen LogP contribution in [0.25, 0.3) is 0 Å². The lowest BCUT2D eigenvalue weighted by atomic mass is 10.1.